The summed E-state index contributed by atoms with van der Waals surface area (Å²) in [7, 11) is 0. The normalized spacial score (nSPS) is 28.5. The van der Waals surface area contributed by atoms with Crippen LogP contribution in [0.2, 0.25) is 0 Å². The second kappa shape index (κ2) is 13.6. The molecule has 2 heterocycles. The van der Waals surface area contributed by atoms with Crippen LogP contribution in [0.4, 0.5) is 26.7 Å². The molecule has 0 radical (unpaired) electrons. The largest absolute Gasteiger partial charge is 0.447 e. The van der Waals surface area contributed by atoms with E-state index in [2.05, 4.69) is 0 Å². The average molecular weight is 723 g/mol. The van der Waals surface area contributed by atoms with Crippen LogP contribution in [0.25, 0.3) is 0 Å². The molecule has 0 N–H and O–H groups in total. The number of hydrogen-bond donors (Lipinski definition) is 0. The Labute approximate surface area is 300 Å². The van der Waals surface area contributed by atoms with Gasteiger partial charge in [0.2, 0.25) is 17.5 Å². The first-order chi connectivity index (χ1) is 24.7. The smallest absolute Gasteiger partial charge is 0.426 e. The Morgan fingerprint density at radius 3 is 2.35 bits per heavy atom. The van der Waals surface area contributed by atoms with Crippen molar-refractivity contribution in [2.45, 2.75) is 94.6 Å². The molecule has 2 saturated heterocycles. The zero-order chi connectivity index (χ0) is 37.0. The Kier molecular flexibility index (Phi) is 9.44. The molecule has 0 spiro atoms. The first kappa shape index (κ1) is 36.1. The van der Waals surface area contributed by atoms with Gasteiger partial charge in [-0.1, -0.05) is 67.6 Å². The van der Waals surface area contributed by atoms with Crippen LogP contribution in [0.1, 0.15) is 73.8 Å². The maximum atomic E-state index is 15.1. The molecule has 2 aliphatic heterocycles. The number of carbonyl (C=O) groups is 3. The van der Waals surface area contributed by atoms with Crippen molar-refractivity contribution >= 4 is 17.9 Å². The quantitative estimate of drug-likeness (QED) is 0.231. The molecule has 0 bridgehead atoms. The molecule has 1 saturated carbocycles. The Morgan fingerprint density at radius 1 is 0.923 bits per heavy atom. The van der Waals surface area contributed by atoms with Crippen molar-refractivity contribution in [1.29, 1.82) is 0 Å². The van der Waals surface area contributed by atoms with E-state index in [1.165, 1.54) is 29.2 Å². The van der Waals surface area contributed by atoms with Crippen LogP contribution in [0, 0.1) is 23.6 Å². The van der Waals surface area contributed by atoms with Crippen LogP contribution >= 0.6 is 0 Å². The lowest BCUT2D eigenvalue weighted by Crippen LogP contribution is -2.51. The third-order valence-corrected chi connectivity index (χ3v) is 12.3. The minimum atomic E-state index is -5.08. The van der Waals surface area contributed by atoms with Gasteiger partial charge < -0.3 is 9.64 Å². The van der Waals surface area contributed by atoms with E-state index in [0.29, 0.717) is 70.4 Å². The molecule has 3 aromatic rings. The zero-order valence-corrected chi connectivity index (χ0v) is 29.3. The summed E-state index contributed by atoms with van der Waals surface area (Å²) in [6.45, 7) is 3.06. The fourth-order valence-corrected chi connectivity index (χ4v) is 9.42. The fourth-order valence-electron chi connectivity index (χ4n) is 9.42. The standard InChI is InChI=1S/C41H43F5N2O4/c1-25-20-29(10-15-33(25)37(50)48-32(24-52-38(48)51)21-26-6-4-3-5-7-26)36(49)47-19-18-40(23-27-8-13-31(42)14-9-27)34-16-12-30(39(2,43)41(44,45)46)22-28(34)11-17-35(40)47/h3-9,12-14,16,22,25,29,32-33,35H,10-11,15,17-21,23-24H2,1-2H3/t25-,29?,32-,33-,35-,39?,40-/m1/s1. The van der Waals surface area contributed by atoms with Crippen LogP contribution < -0.4 is 0 Å². The Hall–Kier alpha value is -4.28. The summed E-state index contributed by atoms with van der Waals surface area (Å²) in [5.41, 5.74) is -1.36. The first-order valence-corrected chi connectivity index (χ1v) is 18.2. The summed E-state index contributed by atoms with van der Waals surface area (Å²) in [5.74, 6) is -1.60. The number of hydrogen-bond acceptors (Lipinski definition) is 4. The fraction of sp³-hybridized carbons (Fsp3) is 0.488. The molecule has 3 aromatic carbocycles. The van der Waals surface area contributed by atoms with Gasteiger partial charge in [-0.15, -0.1) is 0 Å². The summed E-state index contributed by atoms with van der Waals surface area (Å²) >= 11 is 0. The third kappa shape index (κ3) is 6.38. The average Bonchev–Trinajstić information content (AvgIpc) is 3.68. The number of aryl methyl sites for hydroxylation is 1. The first-order valence-electron chi connectivity index (χ1n) is 18.2. The molecule has 7 rings (SSSR count). The lowest BCUT2D eigenvalue weighted by molar-refractivity contribution is -0.228. The number of halogens is 5. The number of cyclic esters (lactones) is 1. The zero-order valence-electron chi connectivity index (χ0n) is 29.3. The van der Waals surface area contributed by atoms with Crippen LogP contribution in [0.15, 0.2) is 72.8 Å². The highest BCUT2D eigenvalue weighted by atomic mass is 19.4. The molecule has 2 aliphatic carbocycles. The van der Waals surface area contributed by atoms with Gasteiger partial charge in [-0.2, -0.15) is 13.2 Å². The van der Waals surface area contributed by atoms with Crippen molar-refractivity contribution in [2.75, 3.05) is 13.2 Å². The van der Waals surface area contributed by atoms with E-state index in [9.17, 15) is 31.9 Å². The number of benzene rings is 3. The van der Waals surface area contributed by atoms with E-state index in [-0.39, 0.29) is 42.1 Å². The van der Waals surface area contributed by atoms with Crippen LogP contribution in [-0.2, 0) is 44.7 Å². The molecular weight excluding hydrogens is 679 g/mol. The molecule has 6 nitrogen and oxygen atoms in total. The molecule has 4 aliphatic rings. The van der Waals surface area contributed by atoms with Crippen molar-refractivity contribution in [1.82, 2.24) is 9.80 Å². The lowest BCUT2D eigenvalue weighted by atomic mass is 9.63. The number of alkyl halides is 4. The molecule has 3 fully saturated rings. The number of rotatable bonds is 7. The minimum Gasteiger partial charge on any atom is -0.447 e. The van der Waals surface area contributed by atoms with Gasteiger partial charge in [0, 0.05) is 29.8 Å². The summed E-state index contributed by atoms with van der Waals surface area (Å²) < 4.78 is 75.3. The summed E-state index contributed by atoms with van der Waals surface area (Å²) in [4.78, 5) is 44.2. The highest BCUT2D eigenvalue weighted by Gasteiger charge is 2.56. The van der Waals surface area contributed by atoms with Crippen LogP contribution in [-0.4, -0.2) is 59.1 Å². The van der Waals surface area contributed by atoms with Crippen LogP contribution in [0.5, 0.6) is 0 Å². The van der Waals surface area contributed by atoms with E-state index < -0.39 is 40.9 Å². The van der Waals surface area contributed by atoms with E-state index in [1.54, 1.807) is 18.2 Å². The maximum absolute atomic E-state index is 15.1. The molecule has 3 amide bonds. The predicted octanol–water partition coefficient (Wildman–Crippen LogP) is 8.24. The topological polar surface area (TPSA) is 66.9 Å². The second-order valence-corrected chi connectivity index (χ2v) is 15.4. The number of amides is 3. The van der Waals surface area contributed by atoms with E-state index >= 15 is 4.39 Å². The van der Waals surface area contributed by atoms with Crippen molar-refractivity contribution in [2.24, 2.45) is 17.8 Å². The maximum Gasteiger partial charge on any atom is 0.426 e. The number of nitrogens with zero attached hydrogens (tertiary/aromatic N) is 2. The number of imide groups is 1. The number of likely N-dealkylation sites (tertiary alicyclic amines) is 1. The minimum absolute atomic E-state index is 0.0141. The number of fused-ring (bicyclic) bond motifs is 3. The number of carbonyl (C=O) groups excluding carboxylic acids is 3. The Balaban J connectivity index is 1.10. The van der Waals surface area contributed by atoms with Gasteiger partial charge in [0.1, 0.15) is 12.4 Å². The molecule has 7 atom stereocenters. The Bertz CT molecular complexity index is 1830. The van der Waals surface area contributed by atoms with Crippen molar-refractivity contribution in [3.8, 4) is 0 Å². The molecule has 11 heteroatoms. The van der Waals surface area contributed by atoms with E-state index in [4.69, 9.17) is 4.74 Å². The summed E-state index contributed by atoms with van der Waals surface area (Å²) in [5, 5.41) is 0. The van der Waals surface area contributed by atoms with Crippen LogP contribution in [0.3, 0.4) is 0 Å². The highest BCUT2D eigenvalue weighted by molar-refractivity contribution is 5.95. The van der Waals surface area contributed by atoms with E-state index in [1.807, 2.05) is 42.2 Å². The van der Waals surface area contributed by atoms with Gasteiger partial charge in [0.05, 0.1) is 6.04 Å². The van der Waals surface area contributed by atoms with Gasteiger partial charge in [0.25, 0.3) is 0 Å². The molecule has 52 heavy (non-hydrogen) atoms. The summed E-state index contributed by atoms with van der Waals surface area (Å²) in [6, 6.07) is 19.2. The van der Waals surface area contributed by atoms with Gasteiger partial charge in [-0.05, 0) is 104 Å². The third-order valence-electron chi connectivity index (χ3n) is 12.3. The van der Waals surface area contributed by atoms with Gasteiger partial charge >= 0.3 is 12.3 Å². The Morgan fingerprint density at radius 2 is 1.65 bits per heavy atom. The van der Waals surface area contributed by atoms with Crippen molar-refractivity contribution in [3.05, 3.63) is 106 Å². The molecule has 0 aromatic heterocycles. The molecule has 276 valence electrons. The second-order valence-electron chi connectivity index (χ2n) is 15.4. The lowest BCUT2D eigenvalue weighted by Gasteiger charge is -2.45. The summed E-state index contributed by atoms with van der Waals surface area (Å²) in [6.07, 6.45) is -1.97. The van der Waals surface area contributed by atoms with Crippen molar-refractivity contribution < 1.29 is 41.1 Å². The SMILES string of the molecule is C[C@@H]1CC(C(=O)N2CC[C@@]3(Cc4ccc(F)cc4)c4ccc(C(C)(F)C(F)(F)F)cc4CC[C@@H]23)CC[C@H]1C(=O)N1C(=O)OC[C@H]1Cc1ccccc1. The predicted molar refractivity (Wildman–Crippen MR) is 183 cm³/mol. The highest BCUT2D eigenvalue weighted by Crippen LogP contribution is 2.52. The van der Waals surface area contributed by atoms with Gasteiger partial charge in [-0.25, -0.2) is 18.5 Å². The van der Waals surface area contributed by atoms with Crippen molar-refractivity contribution in [3.63, 3.8) is 0 Å². The molecular formula is C41H43F5N2O4. The van der Waals surface area contributed by atoms with Gasteiger partial charge in [0.15, 0.2) is 0 Å². The molecule has 2 unspecified atom stereocenters. The van der Waals surface area contributed by atoms with E-state index in [0.717, 1.165) is 16.7 Å². The van der Waals surface area contributed by atoms with Gasteiger partial charge in [-0.3, -0.25) is 9.59 Å². The monoisotopic (exact) mass is 722 g/mol. The number of ether oxygens (including phenoxy) is 1.